The van der Waals surface area contributed by atoms with Crippen molar-refractivity contribution >= 4 is 5.96 Å². The van der Waals surface area contributed by atoms with E-state index in [1.54, 1.807) is 0 Å². The van der Waals surface area contributed by atoms with E-state index in [2.05, 4.69) is 24.2 Å². The van der Waals surface area contributed by atoms with Gasteiger partial charge in [-0.15, -0.1) is 0 Å². The predicted molar refractivity (Wildman–Crippen MR) is 42.9 cm³/mol. The average molecular weight is 141 g/mol. The lowest BCUT2D eigenvalue weighted by Crippen LogP contribution is -2.46. The monoisotopic (exact) mass is 141 g/mol. The highest BCUT2D eigenvalue weighted by Crippen LogP contribution is 2.08. The van der Waals surface area contributed by atoms with E-state index in [1.807, 2.05) is 0 Å². The summed E-state index contributed by atoms with van der Waals surface area (Å²) >= 11 is 0. The molecule has 0 saturated carbocycles. The third-order valence-electron chi connectivity index (χ3n) is 1.86. The summed E-state index contributed by atoms with van der Waals surface area (Å²) < 4.78 is 0. The van der Waals surface area contributed by atoms with Crippen LogP contribution in [0.15, 0.2) is 4.99 Å². The molecule has 58 valence electrons. The molecule has 0 unspecified atom stereocenters. The van der Waals surface area contributed by atoms with Gasteiger partial charge < -0.3 is 11.1 Å². The summed E-state index contributed by atoms with van der Waals surface area (Å²) in [7, 11) is 0. The molecule has 10 heavy (non-hydrogen) atoms. The molecule has 0 aromatic rings. The van der Waals surface area contributed by atoms with Crippen LogP contribution in [0.4, 0.5) is 0 Å². The number of guanidine groups is 1. The van der Waals surface area contributed by atoms with Gasteiger partial charge >= 0.3 is 0 Å². The molecule has 1 aliphatic heterocycles. The molecule has 3 nitrogen and oxygen atoms in total. The fraction of sp³-hybridized carbons (Fsp3) is 0.857. The highest BCUT2D eigenvalue weighted by molar-refractivity contribution is 5.78. The number of rotatable bonds is 1. The summed E-state index contributed by atoms with van der Waals surface area (Å²) in [5.74, 6) is 1.25. The molecule has 1 rings (SSSR count). The van der Waals surface area contributed by atoms with E-state index in [9.17, 15) is 0 Å². The Morgan fingerprint density at radius 2 is 2.40 bits per heavy atom. The van der Waals surface area contributed by atoms with Crippen molar-refractivity contribution in [2.75, 3.05) is 6.54 Å². The zero-order valence-corrected chi connectivity index (χ0v) is 6.59. The average Bonchev–Trinajstić information content (AvgIpc) is 1.88. The summed E-state index contributed by atoms with van der Waals surface area (Å²) in [6.45, 7) is 5.26. The Kier molecular flexibility index (Phi) is 2.14. The van der Waals surface area contributed by atoms with E-state index >= 15 is 0 Å². The van der Waals surface area contributed by atoms with E-state index in [1.165, 1.54) is 0 Å². The molecule has 0 aromatic heterocycles. The van der Waals surface area contributed by atoms with Crippen LogP contribution in [-0.4, -0.2) is 18.5 Å². The van der Waals surface area contributed by atoms with Gasteiger partial charge in [0.25, 0.3) is 0 Å². The smallest absolute Gasteiger partial charge is 0.188 e. The van der Waals surface area contributed by atoms with Crippen molar-refractivity contribution in [1.29, 1.82) is 0 Å². The Hall–Kier alpha value is -0.730. The molecule has 0 aliphatic carbocycles. The van der Waals surface area contributed by atoms with Crippen molar-refractivity contribution in [3.8, 4) is 0 Å². The molecule has 3 N–H and O–H groups in total. The molecule has 1 aliphatic rings. The zero-order valence-electron chi connectivity index (χ0n) is 6.59. The van der Waals surface area contributed by atoms with Gasteiger partial charge in [0.1, 0.15) is 0 Å². The second-order valence-corrected chi connectivity index (χ2v) is 3.05. The van der Waals surface area contributed by atoms with Crippen LogP contribution in [0.1, 0.15) is 20.3 Å². The predicted octanol–water partition coefficient (Wildman–Crippen LogP) is 0.319. The van der Waals surface area contributed by atoms with Gasteiger partial charge in [-0.05, 0) is 12.3 Å². The summed E-state index contributed by atoms with van der Waals surface area (Å²) in [6.07, 6.45) is 1.11. The van der Waals surface area contributed by atoms with Crippen LogP contribution in [0.5, 0.6) is 0 Å². The molecule has 0 aromatic carbocycles. The fourth-order valence-electron chi connectivity index (χ4n) is 1.13. The quantitative estimate of drug-likeness (QED) is 0.552. The van der Waals surface area contributed by atoms with Crippen molar-refractivity contribution in [1.82, 2.24) is 5.32 Å². The van der Waals surface area contributed by atoms with Crippen molar-refractivity contribution in [2.45, 2.75) is 26.3 Å². The molecule has 0 radical (unpaired) electrons. The van der Waals surface area contributed by atoms with E-state index in [4.69, 9.17) is 5.73 Å². The maximum Gasteiger partial charge on any atom is 0.188 e. The Morgan fingerprint density at radius 1 is 1.70 bits per heavy atom. The molecule has 0 saturated heterocycles. The molecular weight excluding hydrogens is 126 g/mol. The number of hydrogen-bond acceptors (Lipinski definition) is 3. The summed E-state index contributed by atoms with van der Waals surface area (Å²) in [5.41, 5.74) is 5.50. The second kappa shape index (κ2) is 2.90. The Bertz CT molecular complexity index is 140. The third kappa shape index (κ3) is 1.62. The third-order valence-corrected chi connectivity index (χ3v) is 1.86. The van der Waals surface area contributed by atoms with Gasteiger partial charge in [-0.3, -0.25) is 4.99 Å². The number of nitrogens with zero attached hydrogens (tertiary/aromatic N) is 1. The second-order valence-electron chi connectivity index (χ2n) is 3.05. The normalized spacial score (nSPS) is 25.9. The van der Waals surface area contributed by atoms with Gasteiger partial charge in [0.15, 0.2) is 5.96 Å². The molecule has 0 amide bonds. The van der Waals surface area contributed by atoms with Gasteiger partial charge in [-0.2, -0.15) is 0 Å². The number of aliphatic imine (C=N–C) groups is 1. The SMILES string of the molecule is CC(C)[C@@H]1CCN=C(N)N1. The van der Waals surface area contributed by atoms with E-state index in [0.717, 1.165) is 13.0 Å². The first-order valence-corrected chi connectivity index (χ1v) is 3.76. The largest absolute Gasteiger partial charge is 0.370 e. The number of hydrogen-bond donors (Lipinski definition) is 2. The molecule has 3 heteroatoms. The van der Waals surface area contributed by atoms with E-state index in [0.29, 0.717) is 17.9 Å². The van der Waals surface area contributed by atoms with Crippen LogP contribution >= 0.6 is 0 Å². The minimum absolute atomic E-state index is 0.525. The van der Waals surface area contributed by atoms with Crippen LogP contribution in [0.25, 0.3) is 0 Å². The van der Waals surface area contributed by atoms with E-state index < -0.39 is 0 Å². The first-order valence-electron chi connectivity index (χ1n) is 3.76. The topological polar surface area (TPSA) is 50.4 Å². The van der Waals surface area contributed by atoms with Crippen LogP contribution in [0.2, 0.25) is 0 Å². The van der Waals surface area contributed by atoms with Crippen LogP contribution < -0.4 is 11.1 Å². The van der Waals surface area contributed by atoms with Crippen LogP contribution in [0.3, 0.4) is 0 Å². The zero-order chi connectivity index (χ0) is 7.56. The van der Waals surface area contributed by atoms with Crippen molar-refractivity contribution < 1.29 is 0 Å². The standard InChI is InChI=1S/C7H15N3/c1-5(2)6-3-4-9-7(8)10-6/h5-6H,3-4H2,1-2H3,(H3,8,9,10)/t6-/m0/s1. The van der Waals surface area contributed by atoms with Gasteiger partial charge in [0.05, 0.1) is 0 Å². The van der Waals surface area contributed by atoms with Crippen LogP contribution in [0, 0.1) is 5.92 Å². The van der Waals surface area contributed by atoms with Crippen molar-refractivity contribution in [2.24, 2.45) is 16.6 Å². The highest BCUT2D eigenvalue weighted by Gasteiger charge is 2.16. The molecule has 0 spiro atoms. The first-order chi connectivity index (χ1) is 4.70. The highest BCUT2D eigenvalue weighted by atomic mass is 15.1. The Labute approximate surface area is 61.7 Å². The van der Waals surface area contributed by atoms with Crippen LogP contribution in [-0.2, 0) is 0 Å². The van der Waals surface area contributed by atoms with Gasteiger partial charge in [0.2, 0.25) is 0 Å². The fourth-order valence-corrected chi connectivity index (χ4v) is 1.13. The minimum atomic E-state index is 0.525. The van der Waals surface area contributed by atoms with Gasteiger partial charge in [0, 0.05) is 12.6 Å². The van der Waals surface area contributed by atoms with Gasteiger partial charge in [-0.1, -0.05) is 13.8 Å². The minimum Gasteiger partial charge on any atom is -0.370 e. The number of nitrogens with two attached hydrogens (primary N) is 1. The molecular formula is C7H15N3. The lowest BCUT2D eigenvalue weighted by Gasteiger charge is -2.25. The molecule has 0 fully saturated rings. The summed E-state index contributed by atoms with van der Waals surface area (Å²) in [4.78, 5) is 4.05. The Morgan fingerprint density at radius 3 is 2.80 bits per heavy atom. The summed E-state index contributed by atoms with van der Waals surface area (Å²) in [5, 5.41) is 3.14. The maximum absolute atomic E-state index is 5.50. The van der Waals surface area contributed by atoms with Crippen molar-refractivity contribution in [3.05, 3.63) is 0 Å². The number of nitrogens with one attached hydrogen (secondary N) is 1. The first kappa shape index (κ1) is 7.38. The molecule has 1 atom stereocenters. The molecule has 0 bridgehead atoms. The summed E-state index contributed by atoms with van der Waals surface area (Å²) in [6, 6.07) is 0.525. The lowest BCUT2D eigenvalue weighted by molar-refractivity contribution is 0.417. The van der Waals surface area contributed by atoms with Gasteiger partial charge in [-0.25, -0.2) is 0 Å². The van der Waals surface area contributed by atoms with E-state index in [-0.39, 0.29) is 0 Å². The van der Waals surface area contributed by atoms with Crippen molar-refractivity contribution in [3.63, 3.8) is 0 Å². The Balaban J connectivity index is 2.45. The maximum atomic E-state index is 5.50. The lowest BCUT2D eigenvalue weighted by atomic mass is 10.0. The molecule has 1 heterocycles.